The normalized spacial score (nSPS) is 18.9. The summed E-state index contributed by atoms with van der Waals surface area (Å²) in [6, 6.07) is 6.05. The Balaban J connectivity index is 1.76. The van der Waals surface area contributed by atoms with Crippen molar-refractivity contribution >= 4 is 33.1 Å². The zero-order valence-corrected chi connectivity index (χ0v) is 14.5. The van der Waals surface area contributed by atoms with Gasteiger partial charge in [0.25, 0.3) is 0 Å². The average molecular weight is 367 g/mol. The fourth-order valence-corrected chi connectivity index (χ4v) is 2.97. The van der Waals surface area contributed by atoms with Gasteiger partial charge in [0, 0.05) is 17.6 Å². The van der Waals surface area contributed by atoms with E-state index in [1.54, 1.807) is 4.90 Å². The monoisotopic (exact) mass is 366 g/mol. The summed E-state index contributed by atoms with van der Waals surface area (Å²) in [5.41, 5.74) is 1.37. The summed E-state index contributed by atoms with van der Waals surface area (Å²) in [7, 11) is 0. The average Bonchev–Trinajstić information content (AvgIpc) is 3.01. The van der Waals surface area contributed by atoms with E-state index in [1.807, 2.05) is 43.7 Å². The molecule has 3 rings (SSSR count). The van der Waals surface area contributed by atoms with Gasteiger partial charge < -0.3 is 9.64 Å². The van der Waals surface area contributed by atoms with Crippen LogP contribution in [0.15, 0.2) is 22.7 Å². The van der Waals surface area contributed by atoms with Crippen LogP contribution >= 0.6 is 15.9 Å². The molecule has 1 atom stereocenters. The fraction of sp³-hybridized carbons (Fsp3) is 0.533. The molecule has 22 heavy (non-hydrogen) atoms. The summed E-state index contributed by atoms with van der Waals surface area (Å²) in [5.74, 6) is 0. The Labute approximate surface area is 137 Å². The van der Waals surface area contributed by atoms with Gasteiger partial charge in [0.05, 0.1) is 11.6 Å². The van der Waals surface area contributed by atoms with Gasteiger partial charge in [-0.1, -0.05) is 21.1 Å². The Morgan fingerprint density at radius 1 is 1.41 bits per heavy atom. The molecule has 0 bridgehead atoms. The number of likely N-dealkylation sites (tertiary alicyclic amines) is 1. The highest BCUT2D eigenvalue weighted by Crippen LogP contribution is 2.27. The first kappa shape index (κ1) is 15.3. The highest BCUT2D eigenvalue weighted by atomic mass is 79.9. The number of carbonyl (C=O) groups is 1. The molecule has 2 heterocycles. The molecule has 2 aromatic rings. The summed E-state index contributed by atoms with van der Waals surface area (Å²) in [5, 5.41) is 8.46. The molecule has 1 aromatic heterocycles. The molecule has 0 spiro atoms. The Bertz CT molecular complexity index is 707. The predicted octanol–water partition coefficient (Wildman–Crippen LogP) is 3.38. The number of fused-ring (bicyclic) bond motifs is 1. The van der Waals surface area contributed by atoms with E-state index in [1.165, 1.54) is 0 Å². The summed E-state index contributed by atoms with van der Waals surface area (Å²) in [6.45, 7) is 6.91. The van der Waals surface area contributed by atoms with Crippen molar-refractivity contribution in [2.75, 3.05) is 13.1 Å². The molecular formula is C15H19BrN4O2. The smallest absolute Gasteiger partial charge is 0.410 e. The van der Waals surface area contributed by atoms with Gasteiger partial charge in [-0.2, -0.15) is 0 Å². The SMILES string of the molecule is CC(C)(C)OC(=O)N1CCC(n2nnc3cc(Br)ccc32)C1. The zero-order valence-electron chi connectivity index (χ0n) is 12.9. The fourth-order valence-electron chi connectivity index (χ4n) is 2.62. The van der Waals surface area contributed by atoms with Crippen molar-refractivity contribution in [1.82, 2.24) is 19.9 Å². The molecule has 1 aromatic carbocycles. The maximum absolute atomic E-state index is 12.1. The summed E-state index contributed by atoms with van der Waals surface area (Å²) >= 11 is 3.44. The van der Waals surface area contributed by atoms with Gasteiger partial charge >= 0.3 is 6.09 Å². The Morgan fingerprint density at radius 3 is 2.91 bits per heavy atom. The Kier molecular flexibility index (Phi) is 3.84. The molecule has 1 amide bonds. The minimum absolute atomic E-state index is 0.138. The first-order chi connectivity index (χ1) is 10.3. The van der Waals surface area contributed by atoms with Gasteiger partial charge in [-0.25, -0.2) is 9.48 Å². The maximum Gasteiger partial charge on any atom is 0.410 e. The van der Waals surface area contributed by atoms with Crippen LogP contribution in [0.4, 0.5) is 4.79 Å². The third-order valence-electron chi connectivity index (χ3n) is 3.59. The first-order valence-electron chi connectivity index (χ1n) is 7.32. The van der Waals surface area contributed by atoms with Crippen LogP contribution in [0.25, 0.3) is 11.0 Å². The molecule has 7 heteroatoms. The Hall–Kier alpha value is -1.63. The number of nitrogens with zero attached hydrogens (tertiary/aromatic N) is 4. The molecule has 0 saturated carbocycles. The van der Waals surface area contributed by atoms with Crippen LogP contribution in [0, 0.1) is 0 Å². The second-order valence-corrected chi connectivity index (χ2v) is 7.45. The van der Waals surface area contributed by atoms with Crippen molar-refractivity contribution in [3.63, 3.8) is 0 Å². The van der Waals surface area contributed by atoms with Gasteiger partial charge in [0.1, 0.15) is 11.1 Å². The number of rotatable bonds is 1. The number of hydrogen-bond donors (Lipinski definition) is 0. The van der Waals surface area contributed by atoms with E-state index in [4.69, 9.17) is 4.74 Å². The molecule has 1 aliphatic heterocycles. The molecular weight excluding hydrogens is 348 g/mol. The largest absolute Gasteiger partial charge is 0.444 e. The van der Waals surface area contributed by atoms with Gasteiger partial charge in [-0.05, 0) is 45.4 Å². The molecule has 1 fully saturated rings. The molecule has 0 aliphatic carbocycles. The van der Waals surface area contributed by atoms with Crippen LogP contribution < -0.4 is 0 Å². The summed E-state index contributed by atoms with van der Waals surface area (Å²) in [6.07, 6.45) is 0.593. The lowest BCUT2D eigenvalue weighted by atomic mass is 10.2. The molecule has 0 radical (unpaired) electrons. The lowest BCUT2D eigenvalue weighted by molar-refractivity contribution is 0.0288. The molecule has 0 N–H and O–H groups in total. The van der Waals surface area contributed by atoms with Crippen LogP contribution in [0.5, 0.6) is 0 Å². The summed E-state index contributed by atoms with van der Waals surface area (Å²) < 4.78 is 8.32. The van der Waals surface area contributed by atoms with E-state index in [0.29, 0.717) is 13.1 Å². The van der Waals surface area contributed by atoms with Crippen molar-refractivity contribution in [3.8, 4) is 0 Å². The van der Waals surface area contributed by atoms with Gasteiger partial charge in [0.15, 0.2) is 0 Å². The van der Waals surface area contributed by atoms with E-state index >= 15 is 0 Å². The number of halogens is 1. The van der Waals surface area contributed by atoms with Crippen LogP contribution in [0.3, 0.4) is 0 Å². The topological polar surface area (TPSA) is 60.2 Å². The number of aromatic nitrogens is 3. The van der Waals surface area contributed by atoms with E-state index < -0.39 is 5.60 Å². The van der Waals surface area contributed by atoms with Crippen molar-refractivity contribution in [3.05, 3.63) is 22.7 Å². The van der Waals surface area contributed by atoms with Crippen molar-refractivity contribution in [2.24, 2.45) is 0 Å². The van der Waals surface area contributed by atoms with Crippen LogP contribution in [0.2, 0.25) is 0 Å². The zero-order chi connectivity index (χ0) is 15.9. The van der Waals surface area contributed by atoms with Gasteiger partial charge in [-0.3, -0.25) is 0 Å². The number of ether oxygens (including phenoxy) is 1. The summed E-state index contributed by atoms with van der Waals surface area (Å²) in [4.78, 5) is 13.9. The number of benzene rings is 1. The van der Waals surface area contributed by atoms with Crippen LogP contribution in [0.1, 0.15) is 33.2 Å². The first-order valence-corrected chi connectivity index (χ1v) is 8.11. The molecule has 1 unspecified atom stereocenters. The van der Waals surface area contributed by atoms with Crippen molar-refractivity contribution in [1.29, 1.82) is 0 Å². The molecule has 1 saturated heterocycles. The highest BCUT2D eigenvalue weighted by molar-refractivity contribution is 9.10. The number of hydrogen-bond acceptors (Lipinski definition) is 4. The second kappa shape index (κ2) is 5.53. The second-order valence-electron chi connectivity index (χ2n) is 6.54. The molecule has 1 aliphatic rings. The van der Waals surface area contributed by atoms with E-state index in [9.17, 15) is 4.79 Å². The van der Waals surface area contributed by atoms with Crippen LogP contribution in [-0.4, -0.2) is 44.7 Å². The highest BCUT2D eigenvalue weighted by Gasteiger charge is 2.31. The van der Waals surface area contributed by atoms with Crippen molar-refractivity contribution in [2.45, 2.75) is 38.8 Å². The van der Waals surface area contributed by atoms with E-state index in [0.717, 1.165) is 21.9 Å². The molecule has 6 nitrogen and oxygen atoms in total. The number of carbonyl (C=O) groups excluding carboxylic acids is 1. The maximum atomic E-state index is 12.1. The van der Waals surface area contributed by atoms with Crippen LogP contribution in [-0.2, 0) is 4.74 Å². The standard InChI is InChI=1S/C15H19BrN4O2/c1-15(2,3)22-14(21)19-7-6-11(9-19)20-13-5-4-10(16)8-12(13)17-18-20/h4-5,8,11H,6-7,9H2,1-3H3. The van der Waals surface area contributed by atoms with Gasteiger partial charge in [-0.15, -0.1) is 5.10 Å². The van der Waals surface area contributed by atoms with E-state index in [2.05, 4.69) is 26.2 Å². The lowest BCUT2D eigenvalue weighted by Crippen LogP contribution is -2.35. The predicted molar refractivity (Wildman–Crippen MR) is 86.7 cm³/mol. The minimum Gasteiger partial charge on any atom is -0.444 e. The molecule has 118 valence electrons. The quantitative estimate of drug-likeness (QED) is 0.775. The van der Waals surface area contributed by atoms with Crippen molar-refractivity contribution < 1.29 is 9.53 Å². The minimum atomic E-state index is -0.471. The lowest BCUT2D eigenvalue weighted by Gasteiger charge is -2.24. The Morgan fingerprint density at radius 2 is 2.18 bits per heavy atom. The third kappa shape index (κ3) is 3.09. The van der Waals surface area contributed by atoms with Gasteiger partial charge in [0.2, 0.25) is 0 Å². The third-order valence-corrected chi connectivity index (χ3v) is 4.09. The van der Waals surface area contributed by atoms with E-state index in [-0.39, 0.29) is 12.1 Å². The number of amides is 1.